The molecule has 1 aromatic carbocycles. The lowest BCUT2D eigenvalue weighted by Crippen LogP contribution is -2.02. The summed E-state index contributed by atoms with van der Waals surface area (Å²) in [5.74, 6) is -0.162. The highest BCUT2D eigenvalue weighted by molar-refractivity contribution is 5.22. The molecule has 0 amide bonds. The van der Waals surface area contributed by atoms with Gasteiger partial charge in [0.25, 0.3) is 0 Å². The standard InChI is InChI=1S/C11H15FO/c1-8(2)13-7-10-5-4-9(3)11(12)6-10/h4-6,8H,7H2,1-3H3. The second-order valence-electron chi connectivity index (χ2n) is 3.44. The number of rotatable bonds is 3. The number of aryl methyl sites for hydroxylation is 1. The number of hydrogen-bond acceptors (Lipinski definition) is 1. The Kier molecular flexibility index (Phi) is 3.43. The second kappa shape index (κ2) is 4.38. The van der Waals surface area contributed by atoms with Crippen molar-refractivity contribution in [3.63, 3.8) is 0 Å². The predicted molar refractivity (Wildman–Crippen MR) is 51.1 cm³/mol. The molecule has 0 saturated heterocycles. The van der Waals surface area contributed by atoms with Crippen LogP contribution >= 0.6 is 0 Å². The Bertz CT molecular complexity index is 281. The smallest absolute Gasteiger partial charge is 0.126 e. The van der Waals surface area contributed by atoms with Crippen LogP contribution in [0, 0.1) is 12.7 Å². The molecule has 0 heterocycles. The van der Waals surface area contributed by atoms with E-state index in [0.29, 0.717) is 12.2 Å². The van der Waals surface area contributed by atoms with Gasteiger partial charge >= 0.3 is 0 Å². The van der Waals surface area contributed by atoms with Crippen LogP contribution in [-0.2, 0) is 11.3 Å². The van der Waals surface area contributed by atoms with E-state index >= 15 is 0 Å². The quantitative estimate of drug-likeness (QED) is 0.698. The maximum absolute atomic E-state index is 13.0. The molecule has 1 nitrogen and oxygen atoms in total. The Labute approximate surface area is 78.5 Å². The number of ether oxygens (including phenoxy) is 1. The van der Waals surface area contributed by atoms with Crippen LogP contribution in [0.1, 0.15) is 25.0 Å². The average Bonchev–Trinajstić information content (AvgIpc) is 2.07. The van der Waals surface area contributed by atoms with E-state index in [1.54, 1.807) is 13.0 Å². The highest BCUT2D eigenvalue weighted by atomic mass is 19.1. The minimum absolute atomic E-state index is 0.162. The van der Waals surface area contributed by atoms with Crippen molar-refractivity contribution in [2.45, 2.75) is 33.5 Å². The van der Waals surface area contributed by atoms with E-state index < -0.39 is 0 Å². The molecule has 0 aliphatic rings. The first-order valence-electron chi connectivity index (χ1n) is 4.46. The van der Waals surface area contributed by atoms with Gasteiger partial charge in [0.05, 0.1) is 12.7 Å². The van der Waals surface area contributed by atoms with E-state index in [0.717, 1.165) is 5.56 Å². The van der Waals surface area contributed by atoms with Crippen LogP contribution in [0.5, 0.6) is 0 Å². The average molecular weight is 182 g/mol. The molecule has 2 heteroatoms. The lowest BCUT2D eigenvalue weighted by Gasteiger charge is -2.07. The molecule has 1 rings (SSSR count). The first-order valence-corrected chi connectivity index (χ1v) is 4.46. The lowest BCUT2D eigenvalue weighted by molar-refractivity contribution is 0.0655. The van der Waals surface area contributed by atoms with Gasteiger partial charge in [-0.3, -0.25) is 0 Å². The summed E-state index contributed by atoms with van der Waals surface area (Å²) in [4.78, 5) is 0. The largest absolute Gasteiger partial charge is 0.374 e. The van der Waals surface area contributed by atoms with Crippen molar-refractivity contribution in [2.24, 2.45) is 0 Å². The van der Waals surface area contributed by atoms with Gasteiger partial charge in [0.1, 0.15) is 5.82 Å². The van der Waals surface area contributed by atoms with E-state index in [-0.39, 0.29) is 11.9 Å². The molecule has 0 bridgehead atoms. The monoisotopic (exact) mass is 182 g/mol. The van der Waals surface area contributed by atoms with E-state index in [9.17, 15) is 4.39 Å². The lowest BCUT2D eigenvalue weighted by atomic mass is 10.1. The summed E-state index contributed by atoms with van der Waals surface area (Å²) >= 11 is 0. The van der Waals surface area contributed by atoms with Gasteiger partial charge in [0.15, 0.2) is 0 Å². The van der Waals surface area contributed by atoms with Crippen molar-refractivity contribution in [1.29, 1.82) is 0 Å². The van der Waals surface area contributed by atoms with Gasteiger partial charge in [-0.1, -0.05) is 12.1 Å². The highest BCUT2D eigenvalue weighted by Gasteiger charge is 2.00. The van der Waals surface area contributed by atoms with Gasteiger partial charge in [-0.25, -0.2) is 4.39 Å². The maximum atomic E-state index is 13.0. The van der Waals surface area contributed by atoms with Crippen LogP contribution in [0.15, 0.2) is 18.2 Å². The van der Waals surface area contributed by atoms with Crippen molar-refractivity contribution in [3.8, 4) is 0 Å². The van der Waals surface area contributed by atoms with Gasteiger partial charge in [-0.2, -0.15) is 0 Å². The molecule has 72 valence electrons. The third kappa shape index (κ3) is 3.15. The summed E-state index contributed by atoms with van der Waals surface area (Å²) in [6, 6.07) is 5.19. The molecule has 0 unspecified atom stereocenters. The summed E-state index contributed by atoms with van der Waals surface area (Å²) in [5, 5.41) is 0. The van der Waals surface area contributed by atoms with Gasteiger partial charge in [-0.05, 0) is 38.0 Å². The topological polar surface area (TPSA) is 9.23 Å². The summed E-state index contributed by atoms with van der Waals surface area (Å²) in [5.41, 5.74) is 1.56. The molecule has 0 fully saturated rings. The Morgan fingerprint density at radius 1 is 1.38 bits per heavy atom. The summed E-state index contributed by atoms with van der Waals surface area (Å²) in [6.45, 7) is 6.16. The van der Waals surface area contributed by atoms with Gasteiger partial charge in [-0.15, -0.1) is 0 Å². The van der Waals surface area contributed by atoms with E-state index in [1.807, 2.05) is 19.9 Å². The second-order valence-corrected chi connectivity index (χ2v) is 3.44. The Morgan fingerprint density at radius 3 is 2.62 bits per heavy atom. The summed E-state index contributed by atoms with van der Waals surface area (Å²) < 4.78 is 18.4. The molecule has 0 spiro atoms. The van der Waals surface area contributed by atoms with E-state index in [2.05, 4.69) is 0 Å². The predicted octanol–water partition coefficient (Wildman–Crippen LogP) is 3.06. The molecule has 0 radical (unpaired) electrons. The molecule has 0 aromatic heterocycles. The molecule has 0 N–H and O–H groups in total. The van der Waals surface area contributed by atoms with Crippen LogP contribution in [0.25, 0.3) is 0 Å². The molecule has 1 aromatic rings. The minimum Gasteiger partial charge on any atom is -0.374 e. The Balaban J connectivity index is 2.63. The maximum Gasteiger partial charge on any atom is 0.126 e. The molecule has 0 saturated carbocycles. The van der Waals surface area contributed by atoms with Crippen LogP contribution < -0.4 is 0 Å². The Morgan fingerprint density at radius 2 is 2.08 bits per heavy atom. The van der Waals surface area contributed by atoms with Gasteiger partial charge in [0, 0.05) is 0 Å². The van der Waals surface area contributed by atoms with Crippen molar-refractivity contribution >= 4 is 0 Å². The normalized spacial score (nSPS) is 10.8. The summed E-state index contributed by atoms with van der Waals surface area (Å²) in [7, 11) is 0. The molecule has 0 atom stereocenters. The third-order valence-corrected chi connectivity index (χ3v) is 1.82. The van der Waals surface area contributed by atoms with Crippen molar-refractivity contribution in [1.82, 2.24) is 0 Å². The molecule has 0 aliphatic carbocycles. The summed E-state index contributed by atoms with van der Waals surface area (Å²) in [6.07, 6.45) is 0.185. The molecular weight excluding hydrogens is 167 g/mol. The zero-order valence-electron chi connectivity index (χ0n) is 8.30. The fraction of sp³-hybridized carbons (Fsp3) is 0.455. The van der Waals surface area contributed by atoms with Crippen molar-refractivity contribution < 1.29 is 9.13 Å². The molecular formula is C11H15FO. The molecule has 13 heavy (non-hydrogen) atoms. The van der Waals surface area contributed by atoms with Crippen LogP contribution in [0.4, 0.5) is 4.39 Å². The van der Waals surface area contributed by atoms with Gasteiger partial charge < -0.3 is 4.74 Å². The third-order valence-electron chi connectivity index (χ3n) is 1.82. The number of hydrogen-bond donors (Lipinski definition) is 0. The van der Waals surface area contributed by atoms with Crippen molar-refractivity contribution in [2.75, 3.05) is 0 Å². The first kappa shape index (κ1) is 10.2. The fourth-order valence-electron chi connectivity index (χ4n) is 0.989. The number of benzene rings is 1. The fourth-order valence-corrected chi connectivity index (χ4v) is 0.989. The van der Waals surface area contributed by atoms with Crippen LogP contribution in [0.2, 0.25) is 0 Å². The minimum atomic E-state index is -0.162. The van der Waals surface area contributed by atoms with E-state index in [4.69, 9.17) is 4.74 Å². The van der Waals surface area contributed by atoms with Crippen molar-refractivity contribution in [3.05, 3.63) is 35.1 Å². The van der Waals surface area contributed by atoms with Crippen LogP contribution in [0.3, 0.4) is 0 Å². The zero-order chi connectivity index (χ0) is 9.84. The molecule has 0 aliphatic heterocycles. The zero-order valence-corrected chi connectivity index (χ0v) is 8.30. The van der Waals surface area contributed by atoms with Gasteiger partial charge in [0.2, 0.25) is 0 Å². The first-order chi connectivity index (χ1) is 6.09. The highest BCUT2D eigenvalue weighted by Crippen LogP contribution is 2.10. The Hall–Kier alpha value is -0.890. The van der Waals surface area contributed by atoms with E-state index in [1.165, 1.54) is 6.07 Å². The number of halogens is 1. The SMILES string of the molecule is Cc1ccc(COC(C)C)cc1F. The van der Waals surface area contributed by atoms with Crippen LogP contribution in [-0.4, -0.2) is 6.10 Å².